The summed E-state index contributed by atoms with van der Waals surface area (Å²) in [5.74, 6) is -0.0372. The SMILES string of the molecule is Cc1ccc(C(=O)O)cc1NC1CCC(C)CC1. The van der Waals surface area contributed by atoms with Crippen molar-refractivity contribution >= 4 is 11.7 Å². The van der Waals surface area contributed by atoms with Gasteiger partial charge in [0.2, 0.25) is 0 Å². The molecular formula is C15H21NO2. The summed E-state index contributed by atoms with van der Waals surface area (Å²) in [6, 6.07) is 5.77. The second kappa shape index (κ2) is 5.42. The number of carboxylic acids is 1. The number of anilines is 1. The van der Waals surface area contributed by atoms with Gasteiger partial charge in [0.25, 0.3) is 0 Å². The minimum atomic E-state index is -0.865. The molecule has 3 nitrogen and oxygen atoms in total. The van der Waals surface area contributed by atoms with Crippen molar-refractivity contribution in [2.75, 3.05) is 5.32 Å². The van der Waals surface area contributed by atoms with Gasteiger partial charge in [-0.1, -0.05) is 13.0 Å². The number of nitrogens with one attached hydrogen (secondary N) is 1. The van der Waals surface area contributed by atoms with Crippen LogP contribution < -0.4 is 5.32 Å². The Bertz CT molecular complexity index is 434. The molecule has 0 aliphatic heterocycles. The molecule has 1 aliphatic rings. The first-order valence-electron chi connectivity index (χ1n) is 6.66. The molecule has 1 aliphatic carbocycles. The highest BCUT2D eigenvalue weighted by molar-refractivity contribution is 5.89. The van der Waals surface area contributed by atoms with Crippen molar-refractivity contribution in [1.82, 2.24) is 0 Å². The highest BCUT2D eigenvalue weighted by Crippen LogP contribution is 2.27. The number of hydrogen-bond donors (Lipinski definition) is 2. The molecule has 0 heterocycles. The van der Waals surface area contributed by atoms with Crippen LogP contribution in [0.4, 0.5) is 5.69 Å². The number of benzene rings is 1. The smallest absolute Gasteiger partial charge is 0.335 e. The van der Waals surface area contributed by atoms with E-state index in [0.717, 1.165) is 17.2 Å². The molecule has 0 bridgehead atoms. The summed E-state index contributed by atoms with van der Waals surface area (Å²) in [4.78, 5) is 11.0. The molecule has 2 N–H and O–H groups in total. The van der Waals surface area contributed by atoms with E-state index in [2.05, 4.69) is 12.2 Å². The normalized spacial score (nSPS) is 23.7. The molecule has 0 amide bonds. The van der Waals surface area contributed by atoms with Crippen LogP contribution in [0.2, 0.25) is 0 Å². The fourth-order valence-corrected chi connectivity index (χ4v) is 2.53. The van der Waals surface area contributed by atoms with Gasteiger partial charge in [-0.05, 0) is 56.2 Å². The van der Waals surface area contributed by atoms with Gasteiger partial charge in [-0.25, -0.2) is 4.79 Å². The fourth-order valence-electron chi connectivity index (χ4n) is 2.53. The van der Waals surface area contributed by atoms with Crippen LogP contribution in [0.5, 0.6) is 0 Å². The largest absolute Gasteiger partial charge is 0.478 e. The average Bonchev–Trinajstić information content (AvgIpc) is 2.34. The van der Waals surface area contributed by atoms with Gasteiger partial charge in [0.15, 0.2) is 0 Å². The van der Waals surface area contributed by atoms with Gasteiger partial charge in [-0.3, -0.25) is 0 Å². The van der Waals surface area contributed by atoms with Crippen molar-refractivity contribution in [3.8, 4) is 0 Å². The lowest BCUT2D eigenvalue weighted by Gasteiger charge is -2.28. The van der Waals surface area contributed by atoms with Crippen LogP contribution in [-0.2, 0) is 0 Å². The van der Waals surface area contributed by atoms with Crippen LogP contribution in [0.1, 0.15) is 48.5 Å². The van der Waals surface area contributed by atoms with Crippen molar-refractivity contribution in [1.29, 1.82) is 0 Å². The second-order valence-electron chi connectivity index (χ2n) is 5.44. The van der Waals surface area contributed by atoms with E-state index in [4.69, 9.17) is 5.11 Å². The number of aryl methyl sites for hydroxylation is 1. The Morgan fingerprint density at radius 1 is 1.28 bits per heavy atom. The monoisotopic (exact) mass is 247 g/mol. The zero-order valence-corrected chi connectivity index (χ0v) is 11.1. The first-order chi connectivity index (χ1) is 8.56. The molecule has 0 atom stereocenters. The molecule has 1 fully saturated rings. The Hall–Kier alpha value is -1.51. The maximum absolute atomic E-state index is 11.0. The van der Waals surface area contributed by atoms with Gasteiger partial charge in [0, 0.05) is 11.7 Å². The van der Waals surface area contributed by atoms with E-state index in [9.17, 15) is 4.79 Å². The summed E-state index contributed by atoms with van der Waals surface area (Å²) in [6.45, 7) is 4.31. The maximum atomic E-state index is 11.0. The van der Waals surface area contributed by atoms with Crippen LogP contribution in [-0.4, -0.2) is 17.1 Å². The lowest BCUT2D eigenvalue weighted by atomic mass is 9.87. The number of rotatable bonds is 3. The van der Waals surface area contributed by atoms with E-state index in [-0.39, 0.29) is 0 Å². The molecule has 1 aromatic carbocycles. The summed E-state index contributed by atoms with van der Waals surface area (Å²) in [6.07, 6.45) is 4.88. The third-order valence-corrected chi connectivity index (χ3v) is 3.86. The minimum Gasteiger partial charge on any atom is -0.478 e. The average molecular weight is 247 g/mol. The van der Waals surface area contributed by atoms with Crippen LogP contribution in [0.15, 0.2) is 18.2 Å². The van der Waals surface area contributed by atoms with Gasteiger partial charge in [0.1, 0.15) is 0 Å². The molecule has 0 unspecified atom stereocenters. The molecule has 2 rings (SSSR count). The van der Waals surface area contributed by atoms with Gasteiger partial charge >= 0.3 is 5.97 Å². The fraction of sp³-hybridized carbons (Fsp3) is 0.533. The Morgan fingerprint density at radius 3 is 2.56 bits per heavy atom. The number of hydrogen-bond acceptors (Lipinski definition) is 2. The first-order valence-corrected chi connectivity index (χ1v) is 6.66. The van der Waals surface area contributed by atoms with E-state index < -0.39 is 5.97 Å². The highest BCUT2D eigenvalue weighted by atomic mass is 16.4. The molecule has 0 saturated heterocycles. The lowest BCUT2D eigenvalue weighted by Crippen LogP contribution is -2.25. The Kier molecular flexibility index (Phi) is 3.90. The topological polar surface area (TPSA) is 49.3 Å². The van der Waals surface area contributed by atoms with Gasteiger partial charge in [-0.15, -0.1) is 0 Å². The van der Waals surface area contributed by atoms with Crippen molar-refractivity contribution < 1.29 is 9.90 Å². The minimum absolute atomic E-state index is 0.354. The van der Waals surface area contributed by atoms with E-state index in [1.807, 2.05) is 13.0 Å². The Morgan fingerprint density at radius 2 is 1.94 bits per heavy atom. The third kappa shape index (κ3) is 3.03. The highest BCUT2D eigenvalue weighted by Gasteiger charge is 2.18. The van der Waals surface area contributed by atoms with Crippen molar-refractivity contribution in [3.63, 3.8) is 0 Å². The van der Waals surface area contributed by atoms with Crippen molar-refractivity contribution in [3.05, 3.63) is 29.3 Å². The van der Waals surface area contributed by atoms with E-state index in [0.29, 0.717) is 11.6 Å². The summed E-state index contributed by atoms with van der Waals surface area (Å²) in [7, 11) is 0. The van der Waals surface area contributed by atoms with Gasteiger partial charge < -0.3 is 10.4 Å². The predicted molar refractivity (Wildman–Crippen MR) is 73.2 cm³/mol. The standard InChI is InChI=1S/C15H21NO2/c1-10-3-7-13(8-4-10)16-14-9-12(15(17)18)6-5-11(14)2/h5-6,9-10,13,16H,3-4,7-8H2,1-2H3,(H,17,18). The third-order valence-electron chi connectivity index (χ3n) is 3.86. The molecule has 98 valence electrons. The summed E-state index contributed by atoms with van der Waals surface area (Å²) < 4.78 is 0. The summed E-state index contributed by atoms with van der Waals surface area (Å²) in [5, 5.41) is 12.5. The molecular weight excluding hydrogens is 226 g/mol. The van der Waals surface area contributed by atoms with Gasteiger partial charge in [-0.2, -0.15) is 0 Å². The molecule has 1 aromatic rings. The van der Waals surface area contributed by atoms with E-state index in [1.54, 1.807) is 12.1 Å². The molecule has 18 heavy (non-hydrogen) atoms. The quantitative estimate of drug-likeness (QED) is 0.856. The second-order valence-corrected chi connectivity index (χ2v) is 5.44. The number of carbonyl (C=O) groups is 1. The van der Waals surface area contributed by atoms with E-state index >= 15 is 0 Å². The van der Waals surface area contributed by atoms with Crippen LogP contribution in [0.25, 0.3) is 0 Å². The zero-order valence-electron chi connectivity index (χ0n) is 11.1. The van der Waals surface area contributed by atoms with E-state index in [1.165, 1.54) is 25.7 Å². The van der Waals surface area contributed by atoms with Crippen LogP contribution in [0.3, 0.4) is 0 Å². The first kappa shape index (κ1) is 12.9. The number of aromatic carboxylic acids is 1. The molecule has 0 spiro atoms. The van der Waals surface area contributed by atoms with Crippen LogP contribution >= 0.6 is 0 Å². The molecule has 0 aromatic heterocycles. The maximum Gasteiger partial charge on any atom is 0.335 e. The molecule has 1 saturated carbocycles. The van der Waals surface area contributed by atoms with Gasteiger partial charge in [0.05, 0.1) is 5.56 Å². The van der Waals surface area contributed by atoms with Crippen molar-refractivity contribution in [2.24, 2.45) is 5.92 Å². The Balaban J connectivity index is 2.08. The molecule has 0 radical (unpaired) electrons. The van der Waals surface area contributed by atoms with Crippen molar-refractivity contribution in [2.45, 2.75) is 45.6 Å². The summed E-state index contributed by atoms with van der Waals surface area (Å²) in [5.41, 5.74) is 2.43. The van der Waals surface area contributed by atoms with Crippen LogP contribution in [0, 0.1) is 12.8 Å². The summed E-state index contributed by atoms with van der Waals surface area (Å²) >= 11 is 0. The number of carboxylic acid groups (broad SMARTS) is 1. The predicted octanol–water partition coefficient (Wildman–Crippen LogP) is 3.68. The molecule has 3 heteroatoms. The zero-order chi connectivity index (χ0) is 13.1. The Labute approximate surface area is 108 Å². The lowest BCUT2D eigenvalue weighted by molar-refractivity contribution is 0.0697.